The van der Waals surface area contributed by atoms with Crippen LogP contribution >= 0.6 is 0 Å². The van der Waals surface area contributed by atoms with Gasteiger partial charge in [0.05, 0.1) is 18.0 Å². The Balaban J connectivity index is 2.46. The maximum atomic E-state index is 11.6. The summed E-state index contributed by atoms with van der Waals surface area (Å²) in [6.45, 7) is 0. The van der Waals surface area contributed by atoms with Crippen LogP contribution in [-0.4, -0.2) is 26.8 Å². The lowest BCUT2D eigenvalue weighted by Gasteiger charge is -2.15. The molecule has 1 heterocycles. The molecule has 2 rings (SSSR count). The molecule has 1 aromatic carbocycles. The monoisotopic (exact) mass is 292 g/mol. The Morgan fingerprint density at radius 1 is 1.25 bits per heavy atom. The molecule has 0 aliphatic rings. The van der Waals surface area contributed by atoms with Gasteiger partial charge < -0.3 is 10.5 Å². The van der Waals surface area contributed by atoms with Crippen molar-refractivity contribution in [2.75, 3.05) is 13.4 Å². The summed E-state index contributed by atoms with van der Waals surface area (Å²) in [7, 11) is -1.72. The molecule has 1 atom stereocenters. The number of pyridine rings is 1. The minimum atomic E-state index is -3.26. The maximum absolute atomic E-state index is 11.6. The van der Waals surface area contributed by atoms with Gasteiger partial charge in [-0.1, -0.05) is 12.1 Å². The number of hydrogen-bond donors (Lipinski definition) is 1. The van der Waals surface area contributed by atoms with Crippen molar-refractivity contribution >= 4 is 9.84 Å². The molecule has 6 heteroatoms. The van der Waals surface area contributed by atoms with E-state index in [1.54, 1.807) is 49.7 Å². The summed E-state index contributed by atoms with van der Waals surface area (Å²) >= 11 is 0. The molecule has 20 heavy (non-hydrogen) atoms. The fraction of sp³-hybridized carbons (Fsp3) is 0.214. The summed E-state index contributed by atoms with van der Waals surface area (Å²) in [5.41, 5.74) is 7.41. The Kier molecular flexibility index (Phi) is 4.06. The summed E-state index contributed by atoms with van der Waals surface area (Å²) in [6.07, 6.45) is 2.79. The van der Waals surface area contributed by atoms with E-state index < -0.39 is 15.9 Å². The van der Waals surface area contributed by atoms with Gasteiger partial charge in [0, 0.05) is 12.5 Å². The molecule has 1 aromatic heterocycles. The Morgan fingerprint density at radius 3 is 2.65 bits per heavy atom. The second-order valence-electron chi connectivity index (χ2n) is 4.41. The standard InChI is InChI=1S/C14H16N2O3S/c1-19-12-7-4-8-16-14(12)13(15)10-5-3-6-11(9-10)20(2,17)18/h3-9,13H,15H2,1-2H3. The van der Waals surface area contributed by atoms with Gasteiger partial charge in [-0.15, -0.1) is 0 Å². The molecule has 106 valence electrons. The molecule has 0 saturated heterocycles. The largest absolute Gasteiger partial charge is 0.495 e. The van der Waals surface area contributed by atoms with Crippen LogP contribution in [0.5, 0.6) is 5.75 Å². The van der Waals surface area contributed by atoms with Crippen LogP contribution in [0.25, 0.3) is 0 Å². The first-order valence-electron chi connectivity index (χ1n) is 5.98. The molecule has 0 fully saturated rings. The fourth-order valence-corrected chi connectivity index (χ4v) is 2.58. The van der Waals surface area contributed by atoms with Gasteiger partial charge in [0.25, 0.3) is 0 Å². The van der Waals surface area contributed by atoms with Crippen molar-refractivity contribution in [3.05, 3.63) is 53.9 Å². The maximum Gasteiger partial charge on any atom is 0.175 e. The highest BCUT2D eigenvalue weighted by Gasteiger charge is 2.17. The topological polar surface area (TPSA) is 82.3 Å². The third kappa shape index (κ3) is 2.97. The summed E-state index contributed by atoms with van der Waals surface area (Å²) in [4.78, 5) is 4.45. The van der Waals surface area contributed by atoms with Crippen LogP contribution in [-0.2, 0) is 9.84 Å². The Morgan fingerprint density at radius 2 is 2.00 bits per heavy atom. The SMILES string of the molecule is COc1cccnc1C(N)c1cccc(S(C)(=O)=O)c1. The van der Waals surface area contributed by atoms with Gasteiger partial charge >= 0.3 is 0 Å². The van der Waals surface area contributed by atoms with Crippen molar-refractivity contribution in [1.29, 1.82) is 0 Å². The third-order valence-corrected chi connectivity index (χ3v) is 4.07. The van der Waals surface area contributed by atoms with E-state index in [-0.39, 0.29) is 4.90 Å². The van der Waals surface area contributed by atoms with E-state index in [0.29, 0.717) is 17.0 Å². The smallest absolute Gasteiger partial charge is 0.175 e. The zero-order valence-electron chi connectivity index (χ0n) is 11.3. The number of hydrogen-bond acceptors (Lipinski definition) is 5. The van der Waals surface area contributed by atoms with Gasteiger partial charge in [-0.25, -0.2) is 8.42 Å². The van der Waals surface area contributed by atoms with E-state index in [1.807, 2.05) is 0 Å². The number of sulfone groups is 1. The minimum absolute atomic E-state index is 0.236. The molecule has 0 aliphatic heterocycles. The summed E-state index contributed by atoms with van der Waals surface area (Å²) in [5.74, 6) is 0.574. The summed E-state index contributed by atoms with van der Waals surface area (Å²) in [6, 6.07) is 9.52. The van der Waals surface area contributed by atoms with Crippen molar-refractivity contribution in [3.63, 3.8) is 0 Å². The van der Waals surface area contributed by atoms with Gasteiger partial charge in [-0.2, -0.15) is 0 Å². The molecular weight excluding hydrogens is 276 g/mol. The lowest BCUT2D eigenvalue weighted by atomic mass is 10.0. The first kappa shape index (κ1) is 14.5. The molecule has 0 amide bonds. The highest BCUT2D eigenvalue weighted by Crippen LogP contribution is 2.27. The first-order valence-corrected chi connectivity index (χ1v) is 7.87. The fourth-order valence-electron chi connectivity index (χ4n) is 1.91. The molecule has 5 nitrogen and oxygen atoms in total. The number of aromatic nitrogens is 1. The van der Waals surface area contributed by atoms with E-state index in [9.17, 15) is 8.42 Å². The van der Waals surface area contributed by atoms with Crippen molar-refractivity contribution in [2.24, 2.45) is 5.73 Å². The number of methoxy groups -OCH3 is 1. The van der Waals surface area contributed by atoms with E-state index in [1.165, 1.54) is 6.26 Å². The zero-order valence-corrected chi connectivity index (χ0v) is 12.1. The predicted molar refractivity (Wildman–Crippen MR) is 76.4 cm³/mol. The molecule has 0 aliphatic carbocycles. The van der Waals surface area contributed by atoms with Crippen LogP contribution in [0.15, 0.2) is 47.5 Å². The molecular formula is C14H16N2O3S. The van der Waals surface area contributed by atoms with Gasteiger partial charge in [0.1, 0.15) is 11.4 Å². The Bertz CT molecular complexity index is 714. The van der Waals surface area contributed by atoms with Gasteiger partial charge in [0.2, 0.25) is 0 Å². The minimum Gasteiger partial charge on any atom is -0.495 e. The van der Waals surface area contributed by atoms with Gasteiger partial charge in [0.15, 0.2) is 9.84 Å². The van der Waals surface area contributed by atoms with Crippen molar-refractivity contribution in [1.82, 2.24) is 4.98 Å². The molecule has 0 spiro atoms. The van der Waals surface area contributed by atoms with Crippen LogP contribution in [0.4, 0.5) is 0 Å². The molecule has 1 unspecified atom stereocenters. The van der Waals surface area contributed by atoms with Gasteiger partial charge in [-0.05, 0) is 29.8 Å². The second kappa shape index (κ2) is 5.60. The first-order chi connectivity index (χ1) is 9.43. The van der Waals surface area contributed by atoms with E-state index in [2.05, 4.69) is 4.98 Å². The molecule has 2 N–H and O–H groups in total. The quantitative estimate of drug-likeness (QED) is 0.924. The average molecular weight is 292 g/mol. The van der Waals surface area contributed by atoms with Crippen LogP contribution in [0.3, 0.4) is 0 Å². The number of nitrogens with zero attached hydrogens (tertiary/aromatic N) is 1. The normalized spacial score (nSPS) is 12.9. The van der Waals surface area contributed by atoms with Crippen molar-refractivity contribution < 1.29 is 13.2 Å². The number of benzene rings is 1. The average Bonchev–Trinajstić information content (AvgIpc) is 2.45. The molecule has 0 radical (unpaired) electrons. The Hall–Kier alpha value is -1.92. The Labute approximate surface area is 118 Å². The second-order valence-corrected chi connectivity index (χ2v) is 6.43. The number of ether oxygens (including phenoxy) is 1. The number of rotatable bonds is 4. The lowest BCUT2D eigenvalue weighted by Crippen LogP contribution is -2.15. The molecule has 0 bridgehead atoms. The van der Waals surface area contributed by atoms with Crippen LogP contribution in [0, 0.1) is 0 Å². The lowest BCUT2D eigenvalue weighted by molar-refractivity contribution is 0.404. The highest BCUT2D eigenvalue weighted by molar-refractivity contribution is 7.90. The summed E-state index contributed by atoms with van der Waals surface area (Å²) in [5, 5.41) is 0. The van der Waals surface area contributed by atoms with E-state index >= 15 is 0 Å². The highest BCUT2D eigenvalue weighted by atomic mass is 32.2. The van der Waals surface area contributed by atoms with Crippen LogP contribution < -0.4 is 10.5 Å². The van der Waals surface area contributed by atoms with E-state index in [4.69, 9.17) is 10.5 Å². The molecule has 0 saturated carbocycles. The zero-order chi connectivity index (χ0) is 14.8. The summed E-state index contributed by atoms with van der Waals surface area (Å²) < 4.78 is 28.4. The van der Waals surface area contributed by atoms with Crippen molar-refractivity contribution in [2.45, 2.75) is 10.9 Å². The van der Waals surface area contributed by atoms with Crippen LogP contribution in [0.2, 0.25) is 0 Å². The molecule has 2 aromatic rings. The van der Waals surface area contributed by atoms with E-state index in [0.717, 1.165) is 0 Å². The van der Waals surface area contributed by atoms with Crippen molar-refractivity contribution in [3.8, 4) is 5.75 Å². The van der Waals surface area contributed by atoms with Crippen LogP contribution in [0.1, 0.15) is 17.3 Å². The number of nitrogens with two attached hydrogens (primary N) is 1. The predicted octanol–water partition coefficient (Wildman–Crippen LogP) is 1.54. The third-order valence-electron chi connectivity index (χ3n) is 2.96. The van der Waals surface area contributed by atoms with Gasteiger partial charge in [-0.3, -0.25) is 4.98 Å².